The van der Waals surface area contributed by atoms with Gasteiger partial charge in [0.1, 0.15) is 0 Å². The number of rotatable bonds is 8. The predicted molar refractivity (Wildman–Crippen MR) is 118 cm³/mol. The number of amides is 1. The highest BCUT2D eigenvalue weighted by Gasteiger charge is 2.16. The molecule has 0 saturated carbocycles. The van der Waals surface area contributed by atoms with E-state index in [2.05, 4.69) is 21.1 Å². The van der Waals surface area contributed by atoms with Crippen molar-refractivity contribution < 1.29 is 22.7 Å². The van der Waals surface area contributed by atoms with E-state index in [9.17, 15) is 18.0 Å². The van der Waals surface area contributed by atoms with Crippen LogP contribution in [0.25, 0.3) is 5.69 Å². The van der Waals surface area contributed by atoms with Gasteiger partial charge in [0.2, 0.25) is 10.0 Å². The van der Waals surface area contributed by atoms with Crippen molar-refractivity contribution >= 4 is 27.6 Å². The fourth-order valence-electron chi connectivity index (χ4n) is 2.74. The lowest BCUT2D eigenvalue weighted by Crippen LogP contribution is -2.24. The molecule has 0 bridgehead atoms. The molecule has 2 aromatic carbocycles. The number of esters is 1. The number of carbonyl (C=O) groups is 2. The molecule has 1 aromatic heterocycles. The van der Waals surface area contributed by atoms with Gasteiger partial charge in [0.15, 0.2) is 5.69 Å². The van der Waals surface area contributed by atoms with Crippen LogP contribution in [0.1, 0.15) is 27.8 Å². The van der Waals surface area contributed by atoms with Crippen molar-refractivity contribution in [3.05, 3.63) is 72.1 Å². The molecule has 0 unspecified atom stereocenters. The van der Waals surface area contributed by atoms with Gasteiger partial charge in [0, 0.05) is 17.4 Å². The molecule has 10 heteroatoms. The summed E-state index contributed by atoms with van der Waals surface area (Å²) in [4.78, 5) is 24.4. The first-order chi connectivity index (χ1) is 15.3. The summed E-state index contributed by atoms with van der Waals surface area (Å²) in [6.45, 7) is 1.80. The Morgan fingerprint density at radius 1 is 1.16 bits per heavy atom. The maximum absolute atomic E-state index is 12.7. The number of carbonyl (C=O) groups excluding carboxylic acids is 2. The molecular formula is C22H20N4O5S. The van der Waals surface area contributed by atoms with Crippen LogP contribution >= 0.6 is 0 Å². The molecule has 9 nitrogen and oxygen atoms in total. The number of ether oxygens (including phenoxy) is 1. The van der Waals surface area contributed by atoms with Crippen LogP contribution in [0.15, 0.2) is 65.7 Å². The summed E-state index contributed by atoms with van der Waals surface area (Å²) in [6, 6.07) is 13.9. The quantitative estimate of drug-likeness (QED) is 0.400. The molecule has 0 aliphatic carbocycles. The second kappa shape index (κ2) is 9.91. The molecule has 1 amide bonds. The lowest BCUT2D eigenvalue weighted by molar-refractivity contribution is 0.0519. The minimum Gasteiger partial charge on any atom is -0.461 e. The topological polar surface area (TPSA) is 119 Å². The first kappa shape index (κ1) is 22.7. The van der Waals surface area contributed by atoms with Crippen LogP contribution < -0.4 is 10.0 Å². The lowest BCUT2D eigenvalue weighted by Gasteiger charge is -2.09. The molecular weight excluding hydrogens is 432 g/mol. The Morgan fingerprint density at radius 2 is 1.94 bits per heavy atom. The van der Waals surface area contributed by atoms with E-state index in [-0.39, 0.29) is 29.3 Å². The highest BCUT2D eigenvalue weighted by atomic mass is 32.2. The van der Waals surface area contributed by atoms with E-state index in [1.54, 1.807) is 37.4 Å². The molecule has 0 aliphatic heterocycles. The monoisotopic (exact) mass is 452 g/mol. The standard InChI is InChI=1S/C22H20N4O5S/c1-3-12-23-32(29,30)19-10-5-7-16(14-19)21(27)24-17-8-6-9-18(15-17)26-13-11-20(25-26)22(28)31-4-2/h1,5-11,13-15,23H,4,12H2,2H3,(H,24,27). The second-order valence-electron chi connectivity index (χ2n) is 6.43. The van der Waals surface area contributed by atoms with Crippen molar-refractivity contribution in [1.82, 2.24) is 14.5 Å². The first-order valence-electron chi connectivity index (χ1n) is 9.52. The van der Waals surface area contributed by atoms with Crippen molar-refractivity contribution in [3.8, 4) is 18.0 Å². The van der Waals surface area contributed by atoms with Gasteiger partial charge in [-0.1, -0.05) is 18.1 Å². The van der Waals surface area contributed by atoms with Crippen molar-refractivity contribution in [2.24, 2.45) is 0 Å². The molecule has 0 spiro atoms. The molecule has 0 fully saturated rings. The Kier molecular flexibility index (Phi) is 7.04. The minimum atomic E-state index is -3.82. The van der Waals surface area contributed by atoms with E-state index in [0.29, 0.717) is 11.4 Å². The highest BCUT2D eigenvalue weighted by Crippen LogP contribution is 2.17. The van der Waals surface area contributed by atoms with E-state index in [4.69, 9.17) is 11.2 Å². The number of hydrogen-bond acceptors (Lipinski definition) is 6. The third kappa shape index (κ3) is 5.40. The van der Waals surface area contributed by atoms with Gasteiger partial charge in [-0.05, 0) is 49.4 Å². The number of nitrogens with one attached hydrogen (secondary N) is 2. The van der Waals surface area contributed by atoms with Gasteiger partial charge in [-0.2, -0.15) is 9.82 Å². The summed E-state index contributed by atoms with van der Waals surface area (Å²) in [5.41, 5.74) is 1.38. The van der Waals surface area contributed by atoms with Gasteiger partial charge in [-0.25, -0.2) is 17.9 Å². The number of benzene rings is 2. The Labute approximate surface area is 185 Å². The van der Waals surface area contributed by atoms with E-state index in [1.807, 2.05) is 0 Å². The Bertz CT molecular complexity index is 1290. The van der Waals surface area contributed by atoms with Crippen LogP contribution in [0.4, 0.5) is 5.69 Å². The fraction of sp³-hybridized carbons (Fsp3) is 0.136. The molecule has 0 atom stereocenters. The van der Waals surface area contributed by atoms with E-state index in [0.717, 1.165) is 0 Å². The number of nitrogens with zero attached hydrogens (tertiary/aromatic N) is 2. The molecule has 3 rings (SSSR count). The minimum absolute atomic E-state index is 0.0720. The molecule has 164 valence electrons. The van der Waals surface area contributed by atoms with Crippen LogP contribution in [-0.2, 0) is 14.8 Å². The Morgan fingerprint density at radius 3 is 2.69 bits per heavy atom. The van der Waals surface area contributed by atoms with Gasteiger partial charge in [0.05, 0.1) is 23.7 Å². The van der Waals surface area contributed by atoms with Crippen molar-refractivity contribution in [3.63, 3.8) is 0 Å². The largest absolute Gasteiger partial charge is 0.461 e. The fourth-order valence-corrected chi connectivity index (χ4v) is 3.72. The number of aromatic nitrogens is 2. The number of hydrogen-bond donors (Lipinski definition) is 2. The molecule has 0 saturated heterocycles. The Balaban J connectivity index is 1.78. The predicted octanol–water partition coefficient (Wildman–Crippen LogP) is 2.21. The van der Waals surface area contributed by atoms with Crippen LogP contribution in [0.3, 0.4) is 0 Å². The molecule has 0 aliphatic rings. The molecule has 1 heterocycles. The van der Waals surface area contributed by atoms with E-state index in [1.165, 1.54) is 35.0 Å². The third-order valence-electron chi connectivity index (χ3n) is 4.21. The van der Waals surface area contributed by atoms with Crippen LogP contribution in [0, 0.1) is 12.3 Å². The maximum atomic E-state index is 12.7. The van der Waals surface area contributed by atoms with Gasteiger partial charge in [-0.15, -0.1) is 6.42 Å². The zero-order valence-electron chi connectivity index (χ0n) is 17.1. The molecule has 2 N–H and O–H groups in total. The lowest BCUT2D eigenvalue weighted by atomic mass is 10.2. The summed E-state index contributed by atoms with van der Waals surface area (Å²) in [6.07, 6.45) is 6.69. The number of anilines is 1. The maximum Gasteiger partial charge on any atom is 0.358 e. The van der Waals surface area contributed by atoms with E-state index >= 15 is 0 Å². The first-order valence-corrected chi connectivity index (χ1v) is 11.0. The third-order valence-corrected chi connectivity index (χ3v) is 5.61. The molecule has 0 radical (unpaired) electrons. The van der Waals surface area contributed by atoms with Gasteiger partial charge < -0.3 is 10.1 Å². The van der Waals surface area contributed by atoms with Gasteiger partial charge in [0.25, 0.3) is 5.91 Å². The van der Waals surface area contributed by atoms with Gasteiger partial charge in [-0.3, -0.25) is 4.79 Å². The summed E-state index contributed by atoms with van der Waals surface area (Å²) < 4.78 is 33.1. The van der Waals surface area contributed by atoms with Crippen molar-refractivity contribution in [2.45, 2.75) is 11.8 Å². The average Bonchev–Trinajstić information content (AvgIpc) is 3.29. The van der Waals surface area contributed by atoms with Crippen LogP contribution in [0.5, 0.6) is 0 Å². The molecule has 32 heavy (non-hydrogen) atoms. The van der Waals surface area contributed by atoms with Crippen LogP contribution in [0.2, 0.25) is 0 Å². The Hall–Kier alpha value is -3.94. The second-order valence-corrected chi connectivity index (χ2v) is 8.19. The zero-order chi connectivity index (χ0) is 23.1. The average molecular weight is 452 g/mol. The van der Waals surface area contributed by atoms with Crippen LogP contribution in [-0.4, -0.2) is 43.2 Å². The SMILES string of the molecule is C#CCNS(=O)(=O)c1cccc(C(=O)Nc2cccc(-n3ccc(C(=O)OCC)n3)c2)c1. The summed E-state index contributed by atoms with van der Waals surface area (Å²) in [5, 5.41) is 6.90. The number of sulfonamides is 1. The van der Waals surface area contributed by atoms with Gasteiger partial charge >= 0.3 is 5.97 Å². The summed E-state index contributed by atoms with van der Waals surface area (Å²) in [5.74, 6) is 1.17. The normalized spacial score (nSPS) is 10.9. The summed E-state index contributed by atoms with van der Waals surface area (Å²) in [7, 11) is -3.82. The number of terminal acetylenes is 1. The van der Waals surface area contributed by atoms with Crippen molar-refractivity contribution in [1.29, 1.82) is 0 Å². The van der Waals surface area contributed by atoms with E-state index < -0.39 is 21.9 Å². The smallest absolute Gasteiger partial charge is 0.358 e. The zero-order valence-corrected chi connectivity index (χ0v) is 17.9. The van der Waals surface area contributed by atoms with Crippen molar-refractivity contribution in [2.75, 3.05) is 18.5 Å². The molecule has 3 aromatic rings. The highest BCUT2D eigenvalue weighted by molar-refractivity contribution is 7.89. The summed E-state index contributed by atoms with van der Waals surface area (Å²) >= 11 is 0.